The lowest BCUT2D eigenvalue weighted by atomic mass is 10.1. The third-order valence-corrected chi connectivity index (χ3v) is 3.61. The molecule has 1 fully saturated rings. The van der Waals surface area contributed by atoms with Crippen LogP contribution < -0.4 is 11.1 Å². The summed E-state index contributed by atoms with van der Waals surface area (Å²) in [6.45, 7) is 2.01. The van der Waals surface area contributed by atoms with E-state index in [1.165, 1.54) is 4.57 Å². The summed E-state index contributed by atoms with van der Waals surface area (Å²) in [6, 6.07) is 4.80. The van der Waals surface area contributed by atoms with Gasteiger partial charge in [-0.3, -0.25) is 19.5 Å². The Kier molecular flexibility index (Phi) is 2.93. The molecule has 20 heavy (non-hydrogen) atoms. The zero-order chi connectivity index (χ0) is 14.3. The van der Waals surface area contributed by atoms with E-state index >= 15 is 0 Å². The van der Waals surface area contributed by atoms with Gasteiger partial charge in [-0.15, -0.1) is 0 Å². The number of oxazole rings is 1. The first kappa shape index (κ1) is 12.7. The number of nitrogens with one attached hydrogen (secondary N) is 1. The summed E-state index contributed by atoms with van der Waals surface area (Å²) >= 11 is 0. The summed E-state index contributed by atoms with van der Waals surface area (Å²) in [7, 11) is 0. The Hall–Kier alpha value is -2.37. The van der Waals surface area contributed by atoms with Crippen molar-refractivity contribution < 1.29 is 14.0 Å². The molecule has 1 saturated heterocycles. The SMILES string of the molecule is CCc1ccc2c(c1)oc(=O)n2[C@H]1CCC(=O)NC1=O. The van der Waals surface area contributed by atoms with Crippen molar-refractivity contribution >= 4 is 22.9 Å². The molecule has 6 nitrogen and oxygen atoms in total. The first-order valence-corrected chi connectivity index (χ1v) is 6.58. The minimum absolute atomic E-state index is 0.225. The molecule has 1 aliphatic rings. The summed E-state index contributed by atoms with van der Waals surface area (Å²) in [5.41, 5.74) is 2.11. The van der Waals surface area contributed by atoms with Gasteiger partial charge in [-0.1, -0.05) is 13.0 Å². The van der Waals surface area contributed by atoms with Crippen LogP contribution in [0.25, 0.3) is 11.1 Å². The second-order valence-corrected chi connectivity index (χ2v) is 4.86. The van der Waals surface area contributed by atoms with Gasteiger partial charge in [0.2, 0.25) is 11.8 Å². The van der Waals surface area contributed by atoms with E-state index in [0.29, 0.717) is 17.5 Å². The molecule has 0 spiro atoms. The molecule has 104 valence electrons. The van der Waals surface area contributed by atoms with E-state index in [1.807, 2.05) is 13.0 Å². The van der Waals surface area contributed by atoms with Crippen molar-refractivity contribution in [3.63, 3.8) is 0 Å². The lowest BCUT2D eigenvalue weighted by Crippen LogP contribution is -2.43. The first-order chi connectivity index (χ1) is 9.60. The lowest BCUT2D eigenvalue weighted by Gasteiger charge is -2.21. The van der Waals surface area contributed by atoms with Crippen molar-refractivity contribution in [1.82, 2.24) is 9.88 Å². The third-order valence-electron chi connectivity index (χ3n) is 3.61. The Balaban J connectivity index is 2.12. The zero-order valence-electron chi connectivity index (χ0n) is 11.0. The Morgan fingerprint density at radius 3 is 2.85 bits per heavy atom. The monoisotopic (exact) mass is 274 g/mol. The number of aromatic nitrogens is 1. The zero-order valence-corrected chi connectivity index (χ0v) is 11.0. The van der Waals surface area contributed by atoms with Crippen LogP contribution in [0.4, 0.5) is 0 Å². The van der Waals surface area contributed by atoms with E-state index in [4.69, 9.17) is 4.42 Å². The van der Waals surface area contributed by atoms with Gasteiger partial charge in [-0.25, -0.2) is 4.79 Å². The largest absolute Gasteiger partial charge is 0.420 e. The highest BCUT2D eigenvalue weighted by atomic mass is 16.4. The predicted molar refractivity (Wildman–Crippen MR) is 71.3 cm³/mol. The molecule has 2 amide bonds. The highest BCUT2D eigenvalue weighted by Crippen LogP contribution is 2.23. The van der Waals surface area contributed by atoms with Gasteiger partial charge in [0.15, 0.2) is 5.58 Å². The van der Waals surface area contributed by atoms with Gasteiger partial charge in [0.25, 0.3) is 0 Å². The van der Waals surface area contributed by atoms with E-state index in [2.05, 4.69) is 5.32 Å². The van der Waals surface area contributed by atoms with Gasteiger partial charge in [-0.2, -0.15) is 0 Å². The minimum Gasteiger partial charge on any atom is -0.408 e. The number of hydrogen-bond acceptors (Lipinski definition) is 4. The van der Waals surface area contributed by atoms with Crippen molar-refractivity contribution in [2.75, 3.05) is 0 Å². The van der Waals surface area contributed by atoms with Crippen molar-refractivity contribution in [2.24, 2.45) is 0 Å². The van der Waals surface area contributed by atoms with Gasteiger partial charge in [0, 0.05) is 6.42 Å². The second-order valence-electron chi connectivity index (χ2n) is 4.86. The molecule has 0 bridgehead atoms. The Bertz CT molecular complexity index is 756. The maximum absolute atomic E-state index is 12.0. The van der Waals surface area contributed by atoms with Crippen LogP contribution >= 0.6 is 0 Å². The number of hydrogen-bond donors (Lipinski definition) is 1. The Morgan fingerprint density at radius 1 is 1.35 bits per heavy atom. The molecule has 3 rings (SSSR count). The molecule has 0 unspecified atom stereocenters. The number of fused-ring (bicyclic) bond motifs is 1. The van der Waals surface area contributed by atoms with Crippen LogP contribution in [0.3, 0.4) is 0 Å². The molecule has 1 aromatic carbocycles. The molecular formula is C14H14N2O4. The summed E-state index contributed by atoms with van der Waals surface area (Å²) < 4.78 is 6.54. The number of aryl methyl sites for hydroxylation is 1. The van der Waals surface area contributed by atoms with Gasteiger partial charge in [0.05, 0.1) is 5.52 Å². The Labute approximate surface area is 114 Å². The molecule has 6 heteroatoms. The molecule has 2 heterocycles. The molecule has 0 saturated carbocycles. The summed E-state index contributed by atoms with van der Waals surface area (Å²) in [5.74, 6) is -1.33. The van der Waals surface area contributed by atoms with E-state index < -0.39 is 17.7 Å². The number of imide groups is 1. The minimum atomic E-state index is -0.686. The lowest BCUT2D eigenvalue weighted by molar-refractivity contribution is -0.135. The smallest absolute Gasteiger partial charge is 0.408 e. The van der Waals surface area contributed by atoms with Gasteiger partial charge < -0.3 is 4.42 Å². The number of benzene rings is 1. The molecular weight excluding hydrogens is 260 g/mol. The van der Waals surface area contributed by atoms with E-state index in [-0.39, 0.29) is 12.3 Å². The normalized spacial score (nSPS) is 19.4. The van der Waals surface area contributed by atoms with E-state index in [1.54, 1.807) is 12.1 Å². The van der Waals surface area contributed by atoms with E-state index in [9.17, 15) is 14.4 Å². The standard InChI is InChI=1S/C14H14N2O4/c1-2-8-3-4-9-11(7-8)20-14(19)16(9)10-5-6-12(17)15-13(10)18/h3-4,7,10H,2,5-6H2,1H3,(H,15,17,18)/t10-/m0/s1. The highest BCUT2D eigenvalue weighted by molar-refractivity contribution is 6.00. The van der Waals surface area contributed by atoms with Gasteiger partial charge >= 0.3 is 5.76 Å². The fourth-order valence-electron chi connectivity index (χ4n) is 2.52. The molecule has 1 N–H and O–H groups in total. The maximum Gasteiger partial charge on any atom is 0.420 e. The summed E-state index contributed by atoms with van der Waals surface area (Å²) in [4.78, 5) is 35.1. The maximum atomic E-state index is 12.0. The molecule has 0 radical (unpaired) electrons. The number of carbonyl (C=O) groups is 2. The van der Waals surface area contributed by atoms with Crippen molar-refractivity contribution in [2.45, 2.75) is 32.2 Å². The van der Waals surface area contributed by atoms with Crippen LogP contribution in [-0.4, -0.2) is 16.4 Å². The summed E-state index contributed by atoms with van der Waals surface area (Å²) in [5, 5.41) is 2.25. The van der Waals surface area contributed by atoms with Crippen molar-refractivity contribution in [3.05, 3.63) is 34.3 Å². The van der Waals surface area contributed by atoms with Crippen LogP contribution in [0.5, 0.6) is 0 Å². The number of piperidine rings is 1. The fraction of sp³-hybridized carbons (Fsp3) is 0.357. The van der Waals surface area contributed by atoms with Crippen LogP contribution in [0.2, 0.25) is 0 Å². The van der Waals surface area contributed by atoms with Gasteiger partial charge in [0.1, 0.15) is 6.04 Å². The highest BCUT2D eigenvalue weighted by Gasteiger charge is 2.31. The van der Waals surface area contributed by atoms with Crippen molar-refractivity contribution in [1.29, 1.82) is 0 Å². The van der Waals surface area contributed by atoms with E-state index in [0.717, 1.165) is 12.0 Å². The number of rotatable bonds is 2. The molecule has 1 aliphatic heterocycles. The predicted octanol–water partition coefficient (Wildman–Crippen LogP) is 1.13. The first-order valence-electron chi connectivity index (χ1n) is 6.58. The quantitative estimate of drug-likeness (QED) is 0.832. The second kappa shape index (κ2) is 4.63. The number of amides is 2. The average Bonchev–Trinajstić information content (AvgIpc) is 2.74. The number of nitrogens with zero attached hydrogens (tertiary/aromatic N) is 1. The van der Waals surface area contributed by atoms with Crippen LogP contribution in [0.15, 0.2) is 27.4 Å². The number of carbonyl (C=O) groups excluding carboxylic acids is 2. The topological polar surface area (TPSA) is 81.3 Å². The van der Waals surface area contributed by atoms with Crippen LogP contribution in [0.1, 0.15) is 31.4 Å². The molecule has 0 aliphatic carbocycles. The van der Waals surface area contributed by atoms with Gasteiger partial charge in [-0.05, 0) is 30.5 Å². The molecule has 2 aromatic rings. The van der Waals surface area contributed by atoms with Crippen molar-refractivity contribution in [3.8, 4) is 0 Å². The average molecular weight is 274 g/mol. The van der Waals surface area contributed by atoms with Crippen LogP contribution in [-0.2, 0) is 16.0 Å². The van der Waals surface area contributed by atoms with Crippen LogP contribution in [0, 0.1) is 0 Å². The molecule has 1 aromatic heterocycles. The molecule has 1 atom stereocenters. The fourth-order valence-corrected chi connectivity index (χ4v) is 2.52. The Morgan fingerprint density at radius 2 is 2.15 bits per heavy atom. The third kappa shape index (κ3) is 1.93. The summed E-state index contributed by atoms with van der Waals surface area (Å²) in [6.07, 6.45) is 1.38.